The number of benzene rings is 1. The molecule has 8 nitrogen and oxygen atoms in total. The summed E-state index contributed by atoms with van der Waals surface area (Å²) in [5.74, 6) is -1.47. The molecule has 2 aliphatic heterocycles. The second kappa shape index (κ2) is 8.34. The lowest BCUT2D eigenvalue weighted by atomic mass is 9.46. The van der Waals surface area contributed by atoms with Crippen molar-refractivity contribution in [1.82, 2.24) is 0 Å². The Morgan fingerprint density at radius 1 is 1.16 bits per heavy atom. The number of hydrogen-bond donors (Lipinski definition) is 3. The van der Waals surface area contributed by atoms with Gasteiger partial charge >= 0.3 is 5.97 Å². The summed E-state index contributed by atoms with van der Waals surface area (Å²) in [6, 6.07) is 8.57. The monoisotopic (exact) mass is 524 g/mol. The molecule has 1 aromatic rings. The van der Waals surface area contributed by atoms with E-state index in [1.165, 1.54) is 0 Å². The molecule has 8 heteroatoms. The lowest BCUT2D eigenvalue weighted by Crippen LogP contribution is -2.77. The number of carbonyl (C=O) groups excluding carboxylic acids is 1. The zero-order chi connectivity index (χ0) is 27.3. The van der Waals surface area contributed by atoms with Crippen LogP contribution in [0.3, 0.4) is 0 Å². The third-order valence-corrected chi connectivity index (χ3v) is 9.95. The van der Waals surface area contributed by atoms with Crippen molar-refractivity contribution in [1.29, 1.82) is 0 Å². The molecule has 2 bridgehead atoms. The van der Waals surface area contributed by atoms with E-state index in [0.29, 0.717) is 16.7 Å². The Bertz CT molecular complexity index is 1220. The number of carbonyl (C=O) groups is 1. The molecule has 204 valence electrons. The van der Waals surface area contributed by atoms with Gasteiger partial charge in [0.1, 0.15) is 35.6 Å². The SMILES string of the molecule is C=C[C@@H]1O[C@@H]2C3=C(C)[C@@H](O)C[C@@](O)([C@@H](OC(=O)c4ccccc4)[C@H]4[C@@](C)(C=C[C@H]5OC[C@]54O)[C@@H]2O1)C3(C)C. The maximum atomic E-state index is 13.6. The molecular weight excluding hydrogens is 488 g/mol. The average Bonchev–Trinajstić information content (AvgIpc) is 3.30. The van der Waals surface area contributed by atoms with Gasteiger partial charge in [0.15, 0.2) is 6.29 Å². The fraction of sp³-hybridized carbons (Fsp3) is 0.567. The number of ether oxygens (including phenoxy) is 4. The van der Waals surface area contributed by atoms with Gasteiger partial charge in [-0.3, -0.25) is 0 Å². The zero-order valence-corrected chi connectivity index (χ0v) is 22.2. The predicted octanol–water partition coefficient (Wildman–Crippen LogP) is 2.68. The first-order chi connectivity index (χ1) is 17.9. The van der Waals surface area contributed by atoms with Crippen LogP contribution in [0.15, 0.2) is 66.3 Å². The highest BCUT2D eigenvalue weighted by Crippen LogP contribution is 2.64. The Labute approximate surface area is 222 Å². The van der Waals surface area contributed by atoms with Crippen molar-refractivity contribution in [2.45, 2.75) is 82.1 Å². The standard InChI is InChI=1S/C30H36O8/c1-6-20-36-22-21-16(2)18(31)14-30(34,27(21,3)4)25(38-26(32)17-10-8-7-9-11-17)23-28(5,24(22)37-20)13-12-19-29(23,33)15-35-19/h6-13,18-20,22-25,31,33-34H,1,14-15H2,2-5H3/t18-,19+,20+,22+,23-,24+,25-,28+,29-,30+/m0/s1. The quantitative estimate of drug-likeness (QED) is 0.409. The summed E-state index contributed by atoms with van der Waals surface area (Å²) in [4.78, 5) is 13.6. The van der Waals surface area contributed by atoms with Gasteiger partial charge in [0, 0.05) is 23.2 Å². The summed E-state index contributed by atoms with van der Waals surface area (Å²) in [6.45, 7) is 11.4. The van der Waals surface area contributed by atoms with Gasteiger partial charge in [0.25, 0.3) is 0 Å². The molecular formula is C30H36O8. The van der Waals surface area contributed by atoms with Gasteiger partial charge in [-0.25, -0.2) is 4.79 Å². The van der Waals surface area contributed by atoms with Crippen LogP contribution in [0, 0.1) is 16.7 Å². The van der Waals surface area contributed by atoms with Crippen molar-refractivity contribution >= 4 is 5.97 Å². The van der Waals surface area contributed by atoms with Crippen molar-refractivity contribution < 1.29 is 39.1 Å². The van der Waals surface area contributed by atoms with Gasteiger partial charge < -0.3 is 34.3 Å². The van der Waals surface area contributed by atoms with E-state index in [9.17, 15) is 20.1 Å². The second-order valence-electron chi connectivity index (χ2n) is 12.2. The molecule has 38 heavy (non-hydrogen) atoms. The topological polar surface area (TPSA) is 115 Å². The van der Waals surface area contributed by atoms with E-state index < -0.39 is 70.7 Å². The van der Waals surface area contributed by atoms with E-state index in [2.05, 4.69) is 6.58 Å². The fourth-order valence-corrected chi connectivity index (χ4v) is 7.76. The second-order valence-corrected chi connectivity index (χ2v) is 12.2. The van der Waals surface area contributed by atoms with Crippen LogP contribution in [0.25, 0.3) is 0 Å². The lowest BCUT2D eigenvalue weighted by molar-refractivity contribution is -0.312. The van der Waals surface area contributed by atoms with Crippen molar-refractivity contribution in [2.75, 3.05) is 6.61 Å². The summed E-state index contributed by atoms with van der Waals surface area (Å²) in [6.07, 6.45) is 0.382. The fourth-order valence-electron chi connectivity index (χ4n) is 7.76. The zero-order valence-electron chi connectivity index (χ0n) is 22.2. The van der Waals surface area contributed by atoms with E-state index in [4.69, 9.17) is 18.9 Å². The van der Waals surface area contributed by atoms with Crippen molar-refractivity contribution in [2.24, 2.45) is 16.7 Å². The predicted molar refractivity (Wildman–Crippen MR) is 137 cm³/mol. The average molecular weight is 525 g/mol. The first-order valence-electron chi connectivity index (χ1n) is 13.2. The van der Waals surface area contributed by atoms with E-state index in [1.54, 1.807) is 36.4 Å². The smallest absolute Gasteiger partial charge is 0.338 e. The highest BCUT2D eigenvalue weighted by molar-refractivity contribution is 5.89. The minimum atomic E-state index is -1.76. The van der Waals surface area contributed by atoms with E-state index in [1.807, 2.05) is 39.8 Å². The van der Waals surface area contributed by atoms with Gasteiger partial charge in [0.2, 0.25) is 0 Å². The summed E-state index contributed by atoms with van der Waals surface area (Å²) in [7, 11) is 0. The number of hydrogen-bond acceptors (Lipinski definition) is 8. The molecule has 3 aliphatic carbocycles. The molecule has 2 saturated heterocycles. The van der Waals surface area contributed by atoms with Crippen LogP contribution in [-0.2, 0) is 18.9 Å². The highest BCUT2D eigenvalue weighted by Gasteiger charge is 2.74. The third kappa shape index (κ3) is 3.22. The van der Waals surface area contributed by atoms with Crippen molar-refractivity contribution in [3.05, 3.63) is 71.8 Å². The van der Waals surface area contributed by atoms with Crippen molar-refractivity contribution in [3.63, 3.8) is 0 Å². The maximum Gasteiger partial charge on any atom is 0.338 e. The molecule has 3 fully saturated rings. The first kappa shape index (κ1) is 25.9. The van der Waals surface area contributed by atoms with E-state index >= 15 is 0 Å². The first-order valence-corrected chi connectivity index (χ1v) is 13.2. The van der Waals surface area contributed by atoms with Crippen LogP contribution in [-0.4, -0.2) is 75.9 Å². The molecule has 0 amide bonds. The van der Waals surface area contributed by atoms with Crippen LogP contribution in [0.1, 0.15) is 44.5 Å². The lowest BCUT2D eigenvalue weighted by Gasteiger charge is -2.65. The Morgan fingerprint density at radius 3 is 2.50 bits per heavy atom. The summed E-state index contributed by atoms with van der Waals surface area (Å²) in [5.41, 5.74) is -3.46. The maximum absolute atomic E-state index is 13.6. The van der Waals surface area contributed by atoms with Crippen LogP contribution < -0.4 is 0 Å². The molecule has 0 spiro atoms. The van der Waals surface area contributed by atoms with Gasteiger partial charge in [-0.15, -0.1) is 0 Å². The van der Waals surface area contributed by atoms with Gasteiger partial charge in [-0.1, -0.05) is 57.7 Å². The molecule has 6 rings (SSSR count). The van der Waals surface area contributed by atoms with Crippen molar-refractivity contribution in [3.8, 4) is 0 Å². The third-order valence-electron chi connectivity index (χ3n) is 9.95. The van der Waals surface area contributed by atoms with Gasteiger partial charge in [0.05, 0.1) is 18.3 Å². The Balaban J connectivity index is 1.61. The van der Waals surface area contributed by atoms with E-state index in [-0.39, 0.29) is 13.0 Å². The Morgan fingerprint density at radius 2 is 1.87 bits per heavy atom. The normalized spacial score (nSPS) is 46.6. The van der Waals surface area contributed by atoms with Crippen LogP contribution in [0.4, 0.5) is 0 Å². The Kier molecular flexibility index (Phi) is 5.69. The summed E-state index contributed by atoms with van der Waals surface area (Å²) < 4.78 is 24.8. The van der Waals surface area contributed by atoms with Crippen LogP contribution >= 0.6 is 0 Å². The molecule has 0 radical (unpaired) electrons. The summed E-state index contributed by atoms with van der Waals surface area (Å²) >= 11 is 0. The molecule has 5 aliphatic rings. The number of esters is 1. The van der Waals surface area contributed by atoms with Gasteiger partial charge in [-0.2, -0.15) is 0 Å². The molecule has 1 saturated carbocycles. The number of fused-ring (bicyclic) bond motifs is 8. The number of aliphatic hydroxyl groups is 3. The number of rotatable bonds is 3. The Hall–Kier alpha value is -2.33. The van der Waals surface area contributed by atoms with E-state index in [0.717, 1.165) is 0 Å². The highest BCUT2D eigenvalue weighted by atomic mass is 16.7. The van der Waals surface area contributed by atoms with Crippen LogP contribution in [0.2, 0.25) is 0 Å². The minimum absolute atomic E-state index is 0.00552. The molecule has 10 atom stereocenters. The number of aliphatic hydroxyl groups excluding tert-OH is 1. The largest absolute Gasteiger partial charge is 0.455 e. The molecule has 0 aromatic heterocycles. The summed E-state index contributed by atoms with van der Waals surface area (Å²) in [5, 5.41) is 36.2. The van der Waals surface area contributed by atoms with Crippen LogP contribution in [0.5, 0.6) is 0 Å². The minimum Gasteiger partial charge on any atom is -0.455 e. The molecule has 0 unspecified atom stereocenters. The molecule has 1 aromatic carbocycles. The molecule has 3 N–H and O–H groups in total. The molecule has 2 heterocycles. The van der Waals surface area contributed by atoms with Gasteiger partial charge in [-0.05, 0) is 36.3 Å².